The summed E-state index contributed by atoms with van der Waals surface area (Å²) in [5, 5.41) is 4.05. The molecule has 0 aliphatic heterocycles. The van der Waals surface area contributed by atoms with Crippen LogP contribution in [0.25, 0.3) is 0 Å². The molecule has 2 saturated carbocycles. The van der Waals surface area contributed by atoms with E-state index in [1.807, 2.05) is 0 Å². The normalized spacial score (nSPS) is 26.0. The van der Waals surface area contributed by atoms with Crippen molar-refractivity contribution in [2.24, 2.45) is 5.73 Å². The molecule has 15 heavy (non-hydrogen) atoms. The summed E-state index contributed by atoms with van der Waals surface area (Å²) in [5.74, 6) is 1.60. The van der Waals surface area contributed by atoms with E-state index in [4.69, 9.17) is 10.3 Å². The van der Waals surface area contributed by atoms with E-state index in [0.29, 0.717) is 0 Å². The fourth-order valence-electron chi connectivity index (χ4n) is 2.09. The first kappa shape index (κ1) is 9.33. The molecule has 0 spiro atoms. The Morgan fingerprint density at radius 1 is 1.33 bits per heavy atom. The number of nitrogens with zero attached hydrogens (tertiary/aromatic N) is 2. The second-order valence-corrected chi connectivity index (χ2v) is 5.47. The molecule has 0 bridgehead atoms. The van der Waals surface area contributed by atoms with Gasteiger partial charge in [-0.05, 0) is 32.1 Å². The fraction of sp³-hybridized carbons (Fsp3) is 0.818. The zero-order valence-corrected chi connectivity index (χ0v) is 9.12. The molecule has 1 heterocycles. The lowest BCUT2D eigenvalue weighted by molar-refractivity contribution is 0.221. The van der Waals surface area contributed by atoms with Crippen molar-refractivity contribution in [3.63, 3.8) is 0 Å². The standard InChI is InChI=1S/C11H17N3O/c1-10(5-6-10)9-13-8(15-14-9)7-11(12)3-2-4-11/h2-7,12H2,1H3. The van der Waals surface area contributed by atoms with Gasteiger partial charge in [-0.15, -0.1) is 0 Å². The van der Waals surface area contributed by atoms with Crippen molar-refractivity contribution in [1.82, 2.24) is 10.1 Å². The van der Waals surface area contributed by atoms with Crippen molar-refractivity contribution in [3.05, 3.63) is 11.7 Å². The topological polar surface area (TPSA) is 64.9 Å². The van der Waals surface area contributed by atoms with E-state index in [1.165, 1.54) is 19.3 Å². The summed E-state index contributed by atoms with van der Waals surface area (Å²) in [4.78, 5) is 4.45. The average molecular weight is 207 g/mol. The highest BCUT2D eigenvalue weighted by Gasteiger charge is 2.44. The first-order chi connectivity index (χ1) is 7.10. The second kappa shape index (κ2) is 2.82. The summed E-state index contributed by atoms with van der Waals surface area (Å²) < 4.78 is 5.26. The zero-order chi connectivity index (χ0) is 10.5. The highest BCUT2D eigenvalue weighted by Crippen LogP contribution is 2.46. The Balaban J connectivity index is 1.73. The lowest BCUT2D eigenvalue weighted by atomic mass is 9.75. The van der Waals surface area contributed by atoms with Crippen LogP contribution in [-0.4, -0.2) is 15.7 Å². The molecular weight excluding hydrogens is 190 g/mol. The average Bonchev–Trinajstić information content (AvgIpc) is 2.74. The Hall–Kier alpha value is -0.900. The SMILES string of the molecule is CC1(c2noc(CC3(N)CCC3)n2)CC1. The van der Waals surface area contributed by atoms with Gasteiger partial charge in [-0.25, -0.2) is 0 Å². The molecule has 2 fully saturated rings. The molecule has 1 aromatic rings. The van der Waals surface area contributed by atoms with Gasteiger partial charge < -0.3 is 10.3 Å². The Morgan fingerprint density at radius 3 is 2.60 bits per heavy atom. The number of hydrogen-bond donors (Lipinski definition) is 1. The molecule has 0 radical (unpaired) electrons. The molecule has 2 aliphatic carbocycles. The minimum atomic E-state index is -0.0613. The molecule has 0 amide bonds. The molecule has 1 aromatic heterocycles. The number of hydrogen-bond acceptors (Lipinski definition) is 4. The molecule has 82 valence electrons. The van der Waals surface area contributed by atoms with Crippen LogP contribution in [0.5, 0.6) is 0 Å². The van der Waals surface area contributed by atoms with E-state index >= 15 is 0 Å². The smallest absolute Gasteiger partial charge is 0.228 e. The number of rotatable bonds is 3. The minimum absolute atomic E-state index is 0.0613. The first-order valence-corrected chi connectivity index (χ1v) is 5.72. The van der Waals surface area contributed by atoms with E-state index in [-0.39, 0.29) is 11.0 Å². The Morgan fingerprint density at radius 2 is 2.07 bits per heavy atom. The van der Waals surface area contributed by atoms with Gasteiger partial charge in [0.2, 0.25) is 5.89 Å². The van der Waals surface area contributed by atoms with Gasteiger partial charge in [-0.3, -0.25) is 0 Å². The van der Waals surface area contributed by atoms with Crippen LogP contribution in [-0.2, 0) is 11.8 Å². The number of aromatic nitrogens is 2. The maximum atomic E-state index is 6.14. The summed E-state index contributed by atoms with van der Waals surface area (Å²) in [6.45, 7) is 2.18. The monoisotopic (exact) mass is 207 g/mol. The third-order valence-corrected chi connectivity index (χ3v) is 3.86. The van der Waals surface area contributed by atoms with Gasteiger partial charge in [-0.1, -0.05) is 12.1 Å². The van der Waals surface area contributed by atoms with Gasteiger partial charge in [0.25, 0.3) is 0 Å². The predicted octanol–water partition coefficient (Wildman–Crippen LogP) is 1.54. The lowest BCUT2D eigenvalue weighted by Crippen LogP contribution is -2.48. The van der Waals surface area contributed by atoms with Gasteiger partial charge in [0.15, 0.2) is 5.82 Å². The Bertz CT molecular complexity index is 377. The highest BCUT2D eigenvalue weighted by atomic mass is 16.5. The summed E-state index contributed by atoms with van der Waals surface area (Å²) in [6.07, 6.45) is 6.51. The lowest BCUT2D eigenvalue weighted by Gasteiger charge is -2.36. The van der Waals surface area contributed by atoms with Crippen LogP contribution >= 0.6 is 0 Å². The molecule has 2 N–H and O–H groups in total. The Labute approximate surface area is 89.2 Å². The van der Waals surface area contributed by atoms with Crippen LogP contribution in [0.1, 0.15) is 50.7 Å². The third kappa shape index (κ3) is 1.57. The molecule has 0 atom stereocenters. The maximum Gasteiger partial charge on any atom is 0.228 e. The minimum Gasteiger partial charge on any atom is -0.339 e. The van der Waals surface area contributed by atoms with Gasteiger partial charge in [0.05, 0.1) is 0 Å². The molecule has 4 nitrogen and oxygen atoms in total. The van der Waals surface area contributed by atoms with E-state index in [1.54, 1.807) is 0 Å². The molecular formula is C11H17N3O. The van der Waals surface area contributed by atoms with Crippen LogP contribution in [0, 0.1) is 0 Å². The molecule has 4 heteroatoms. The predicted molar refractivity (Wildman–Crippen MR) is 55.4 cm³/mol. The maximum absolute atomic E-state index is 6.14. The van der Waals surface area contributed by atoms with Crippen molar-refractivity contribution < 1.29 is 4.52 Å². The molecule has 0 saturated heterocycles. The van der Waals surface area contributed by atoms with Gasteiger partial charge in [0.1, 0.15) is 0 Å². The van der Waals surface area contributed by atoms with Crippen molar-refractivity contribution >= 4 is 0 Å². The van der Waals surface area contributed by atoms with E-state index in [0.717, 1.165) is 31.0 Å². The molecule has 3 rings (SSSR count). The van der Waals surface area contributed by atoms with Crippen LogP contribution in [0.15, 0.2) is 4.52 Å². The van der Waals surface area contributed by atoms with Gasteiger partial charge in [0, 0.05) is 17.4 Å². The largest absolute Gasteiger partial charge is 0.339 e. The summed E-state index contributed by atoms with van der Waals surface area (Å²) >= 11 is 0. The Kier molecular flexibility index (Phi) is 1.75. The molecule has 0 unspecified atom stereocenters. The third-order valence-electron chi connectivity index (χ3n) is 3.86. The highest BCUT2D eigenvalue weighted by molar-refractivity contribution is 5.15. The van der Waals surface area contributed by atoms with Crippen LogP contribution in [0.4, 0.5) is 0 Å². The van der Waals surface area contributed by atoms with Crippen molar-refractivity contribution in [2.75, 3.05) is 0 Å². The molecule has 0 aromatic carbocycles. The number of nitrogens with two attached hydrogens (primary N) is 1. The van der Waals surface area contributed by atoms with Crippen LogP contribution in [0.3, 0.4) is 0 Å². The van der Waals surface area contributed by atoms with Crippen molar-refractivity contribution in [2.45, 2.75) is 56.4 Å². The van der Waals surface area contributed by atoms with E-state index in [9.17, 15) is 0 Å². The van der Waals surface area contributed by atoms with Crippen LogP contribution in [0.2, 0.25) is 0 Å². The van der Waals surface area contributed by atoms with Crippen molar-refractivity contribution in [3.8, 4) is 0 Å². The summed E-state index contributed by atoms with van der Waals surface area (Å²) in [6, 6.07) is 0. The quantitative estimate of drug-likeness (QED) is 0.816. The summed E-state index contributed by atoms with van der Waals surface area (Å²) in [5.41, 5.74) is 6.28. The summed E-state index contributed by atoms with van der Waals surface area (Å²) in [7, 11) is 0. The van der Waals surface area contributed by atoms with Gasteiger partial charge in [-0.2, -0.15) is 4.98 Å². The van der Waals surface area contributed by atoms with Crippen molar-refractivity contribution in [1.29, 1.82) is 0 Å². The molecule has 2 aliphatic rings. The fourth-order valence-corrected chi connectivity index (χ4v) is 2.09. The van der Waals surface area contributed by atoms with Crippen LogP contribution < -0.4 is 5.73 Å². The van der Waals surface area contributed by atoms with Gasteiger partial charge >= 0.3 is 0 Å². The van der Waals surface area contributed by atoms with E-state index in [2.05, 4.69) is 17.1 Å². The zero-order valence-electron chi connectivity index (χ0n) is 9.12. The second-order valence-electron chi connectivity index (χ2n) is 5.47. The van der Waals surface area contributed by atoms with E-state index < -0.39 is 0 Å². The first-order valence-electron chi connectivity index (χ1n) is 5.72.